The molecule has 1 aromatic carbocycles. The Balaban J connectivity index is 1.90. The van der Waals surface area contributed by atoms with Gasteiger partial charge in [-0.05, 0) is 36.2 Å². The number of carbonyl (C=O) groups excluding carboxylic acids is 2. The Bertz CT molecular complexity index is 1170. The number of amides is 2. The Labute approximate surface area is 212 Å². The number of alkyl halides is 2. The third-order valence-electron chi connectivity index (χ3n) is 6.24. The number of aromatic amines is 1. The van der Waals surface area contributed by atoms with Crippen LogP contribution in [0.2, 0.25) is 19.6 Å². The number of nitrogens with two attached hydrogens (primary N) is 1. The summed E-state index contributed by atoms with van der Waals surface area (Å²) in [4.78, 5) is 29.8. The van der Waals surface area contributed by atoms with Gasteiger partial charge < -0.3 is 14.6 Å². The van der Waals surface area contributed by atoms with Crippen LogP contribution in [-0.4, -0.2) is 55.6 Å². The van der Waals surface area contributed by atoms with Gasteiger partial charge in [-0.3, -0.25) is 4.79 Å². The highest BCUT2D eigenvalue weighted by atomic mass is 28.3. The summed E-state index contributed by atoms with van der Waals surface area (Å²) >= 11 is 0. The molecule has 3 N–H and O–H groups in total. The lowest BCUT2D eigenvalue weighted by Crippen LogP contribution is -2.96. The van der Waals surface area contributed by atoms with Crippen LogP contribution in [0.25, 0.3) is 11.3 Å². The van der Waals surface area contributed by atoms with E-state index in [-0.39, 0.29) is 5.92 Å². The van der Waals surface area contributed by atoms with Crippen molar-refractivity contribution in [2.75, 3.05) is 13.7 Å². The molecule has 3 rings (SSSR count). The maximum Gasteiger partial charge on any atom is 0.513 e. The first-order valence-electron chi connectivity index (χ1n) is 12.1. The molecule has 2 atom stereocenters. The summed E-state index contributed by atoms with van der Waals surface area (Å²) in [5, 5.41) is 1.18. The van der Waals surface area contributed by atoms with Crippen molar-refractivity contribution in [3.63, 3.8) is 0 Å². The van der Waals surface area contributed by atoms with Gasteiger partial charge in [-0.25, -0.2) is 14.1 Å². The number of nitrogens with zero attached hydrogens (tertiary/aromatic N) is 1. The van der Waals surface area contributed by atoms with Gasteiger partial charge in [-0.15, -0.1) is 5.54 Å². The van der Waals surface area contributed by atoms with Crippen molar-refractivity contribution in [3.8, 4) is 22.7 Å². The van der Waals surface area contributed by atoms with Gasteiger partial charge in [0.1, 0.15) is 8.07 Å². The highest BCUT2D eigenvalue weighted by Gasteiger charge is 2.51. The quantitative estimate of drug-likeness (QED) is 0.454. The zero-order chi connectivity index (χ0) is 26.8. The molecule has 0 spiro atoms. The minimum absolute atomic E-state index is 0.255. The van der Waals surface area contributed by atoms with Crippen LogP contribution < -0.4 is 5.32 Å². The maximum absolute atomic E-state index is 14.6. The van der Waals surface area contributed by atoms with E-state index in [9.17, 15) is 18.4 Å². The number of nitrogens with one attached hydrogen (secondary N) is 1. The Kier molecular flexibility index (Phi) is 8.11. The number of hydrogen-bond acceptors (Lipinski definition) is 3. The number of likely N-dealkylation sites (tertiary alicyclic amines) is 1. The van der Waals surface area contributed by atoms with Crippen molar-refractivity contribution >= 4 is 20.1 Å². The van der Waals surface area contributed by atoms with E-state index in [0.717, 1.165) is 22.4 Å². The first-order chi connectivity index (χ1) is 16.7. The number of methoxy groups -OCH3 is 1. The third-order valence-corrected chi connectivity index (χ3v) is 7.11. The van der Waals surface area contributed by atoms with Crippen molar-refractivity contribution in [3.05, 3.63) is 47.2 Å². The molecule has 0 radical (unpaired) electrons. The zero-order valence-corrected chi connectivity index (χ0v) is 23.0. The summed E-state index contributed by atoms with van der Waals surface area (Å²) in [6.07, 6.45) is -1.13. The van der Waals surface area contributed by atoms with Crippen LogP contribution in [0.4, 0.5) is 13.6 Å². The van der Waals surface area contributed by atoms with Crippen LogP contribution >= 0.6 is 0 Å². The fourth-order valence-corrected chi connectivity index (χ4v) is 4.85. The molecule has 0 bridgehead atoms. The number of ether oxygens (including phenoxy) is 1. The summed E-state index contributed by atoms with van der Waals surface area (Å²) in [5.74, 6) is -0.556. The second-order valence-electron chi connectivity index (χ2n) is 10.9. The van der Waals surface area contributed by atoms with E-state index in [1.165, 1.54) is 17.3 Å². The monoisotopic (exact) mass is 516 g/mol. The van der Waals surface area contributed by atoms with Crippen molar-refractivity contribution < 1.29 is 28.4 Å². The van der Waals surface area contributed by atoms with Crippen LogP contribution in [-0.2, 0) is 9.53 Å². The molecule has 1 aromatic heterocycles. The molecular formula is C27H36F2N3O3Si+. The minimum atomic E-state index is -3.03. The van der Waals surface area contributed by atoms with E-state index in [1.54, 1.807) is 13.8 Å². The van der Waals surface area contributed by atoms with Crippen molar-refractivity contribution in [2.45, 2.75) is 64.8 Å². The Morgan fingerprint density at radius 2 is 1.86 bits per heavy atom. The lowest BCUT2D eigenvalue weighted by molar-refractivity contribution is -0.601. The zero-order valence-electron chi connectivity index (χ0n) is 22.0. The molecule has 9 heteroatoms. The second kappa shape index (κ2) is 10.6. The van der Waals surface area contributed by atoms with Crippen molar-refractivity contribution in [1.29, 1.82) is 0 Å². The van der Waals surface area contributed by atoms with Crippen LogP contribution in [0, 0.1) is 24.3 Å². The average molecular weight is 517 g/mol. The SMILES string of the molecule is COC(=O)[NH2+][C@H](C(=O)N1CC(F)(F)C[C@H]1c1[nH]c(-c2ccc(C#C[Si](C)(C)C)cc2)cc1C)C(C)C. The van der Waals surface area contributed by atoms with Gasteiger partial charge in [-0.2, -0.15) is 4.79 Å². The van der Waals surface area contributed by atoms with Gasteiger partial charge in [0.25, 0.3) is 11.8 Å². The summed E-state index contributed by atoms with van der Waals surface area (Å²) in [6, 6.07) is 8.05. The number of primary amides is 1. The molecule has 2 aromatic rings. The van der Waals surface area contributed by atoms with Gasteiger partial charge in [-0.1, -0.05) is 51.5 Å². The van der Waals surface area contributed by atoms with E-state index in [1.807, 2.05) is 37.3 Å². The second-order valence-corrected chi connectivity index (χ2v) is 15.6. The Hall–Kier alpha value is -2.96. The molecule has 36 heavy (non-hydrogen) atoms. The van der Waals surface area contributed by atoms with Gasteiger partial charge in [0.2, 0.25) is 0 Å². The van der Waals surface area contributed by atoms with E-state index >= 15 is 0 Å². The highest BCUT2D eigenvalue weighted by molar-refractivity contribution is 6.83. The van der Waals surface area contributed by atoms with Gasteiger partial charge in [0.15, 0.2) is 6.04 Å². The summed E-state index contributed by atoms with van der Waals surface area (Å²) in [5.41, 5.74) is 7.35. The molecular weight excluding hydrogens is 480 g/mol. The standard InChI is InChI=1S/C27H35F2N3O3Si/c1-17(2)23(31-26(34)35-4)25(33)32-16-27(28,29)15-22(32)24-18(3)14-21(30-24)20-10-8-19(9-11-20)12-13-36(5,6)7/h8-11,14,17,22-23,30H,15-16H2,1-7H3,(H,31,34)/p+1/t22-,23-/m0/s1. The number of carbonyl (C=O) groups is 2. The normalized spacial score (nSPS) is 18.1. The van der Waals surface area contributed by atoms with Crippen molar-refractivity contribution in [1.82, 2.24) is 9.88 Å². The van der Waals surface area contributed by atoms with E-state index < -0.39 is 51.0 Å². The summed E-state index contributed by atoms with van der Waals surface area (Å²) < 4.78 is 33.9. The van der Waals surface area contributed by atoms with Crippen LogP contribution in [0.1, 0.15) is 43.1 Å². The number of aromatic nitrogens is 1. The molecule has 1 fully saturated rings. The minimum Gasteiger partial charge on any atom is -0.423 e. The van der Waals surface area contributed by atoms with Gasteiger partial charge >= 0.3 is 6.09 Å². The van der Waals surface area contributed by atoms with Crippen LogP contribution in [0.3, 0.4) is 0 Å². The topological polar surface area (TPSA) is 79.0 Å². The molecule has 6 nitrogen and oxygen atoms in total. The van der Waals surface area contributed by atoms with Crippen molar-refractivity contribution in [2.24, 2.45) is 5.92 Å². The molecule has 0 saturated carbocycles. The smallest absolute Gasteiger partial charge is 0.423 e. The highest BCUT2D eigenvalue weighted by Crippen LogP contribution is 2.43. The lowest BCUT2D eigenvalue weighted by Gasteiger charge is -2.28. The predicted molar refractivity (Wildman–Crippen MR) is 138 cm³/mol. The van der Waals surface area contributed by atoms with Gasteiger partial charge in [0.05, 0.1) is 19.7 Å². The fourth-order valence-electron chi connectivity index (χ4n) is 4.33. The summed E-state index contributed by atoms with van der Waals surface area (Å²) in [6.45, 7) is 11.3. The molecule has 0 unspecified atom stereocenters. The molecule has 1 aliphatic rings. The largest absolute Gasteiger partial charge is 0.513 e. The Morgan fingerprint density at radius 1 is 1.22 bits per heavy atom. The number of rotatable bonds is 5. The molecule has 2 amide bonds. The number of hydrogen-bond donors (Lipinski definition) is 2. The molecule has 194 valence electrons. The van der Waals surface area contributed by atoms with Crippen LogP contribution in [0.15, 0.2) is 30.3 Å². The average Bonchev–Trinajstić information content (AvgIpc) is 3.33. The molecule has 1 saturated heterocycles. The molecule has 2 heterocycles. The van der Waals surface area contributed by atoms with E-state index in [0.29, 0.717) is 5.69 Å². The Morgan fingerprint density at radius 3 is 2.42 bits per heavy atom. The third kappa shape index (κ3) is 6.62. The first-order valence-corrected chi connectivity index (χ1v) is 15.6. The number of aryl methyl sites for hydroxylation is 1. The molecule has 1 aliphatic heterocycles. The number of H-pyrrole nitrogens is 1. The number of quaternary nitrogens is 1. The lowest BCUT2D eigenvalue weighted by atomic mass is 10.0. The van der Waals surface area contributed by atoms with E-state index in [4.69, 9.17) is 0 Å². The number of benzene rings is 1. The predicted octanol–water partition coefficient (Wildman–Crippen LogP) is 4.48. The van der Waals surface area contributed by atoms with Crippen LogP contribution in [0.5, 0.6) is 0 Å². The summed E-state index contributed by atoms with van der Waals surface area (Å²) in [7, 11) is -0.255. The van der Waals surface area contributed by atoms with Gasteiger partial charge in [0, 0.05) is 29.3 Å². The number of halogens is 2. The first kappa shape index (κ1) is 27.6. The molecule has 0 aliphatic carbocycles. The maximum atomic E-state index is 14.6. The van der Waals surface area contributed by atoms with E-state index in [2.05, 4.69) is 40.8 Å². The fraction of sp³-hybridized carbons (Fsp3) is 0.481.